The number of primary amides is 1. The fourth-order valence-corrected chi connectivity index (χ4v) is 2.89. The molecule has 1 rings (SSSR count). The molecule has 1 unspecified atom stereocenters. The molecular weight excluding hydrogens is 354 g/mol. The van der Waals surface area contributed by atoms with Crippen LogP contribution in [-0.2, 0) is 9.53 Å². The molecule has 0 saturated heterocycles. The molecule has 8 nitrogen and oxygen atoms in total. The second kappa shape index (κ2) is 9.51. The number of amides is 1. The summed E-state index contributed by atoms with van der Waals surface area (Å²) >= 11 is 1.30. The molecular formula is C17H29N5O3S. The topological polar surface area (TPSA) is 119 Å². The van der Waals surface area contributed by atoms with Crippen molar-refractivity contribution in [2.45, 2.75) is 47.6 Å². The Kier molecular flexibility index (Phi) is 8.01. The summed E-state index contributed by atoms with van der Waals surface area (Å²) in [5, 5.41) is 7.13. The first kappa shape index (κ1) is 21.9. The van der Waals surface area contributed by atoms with Crippen LogP contribution in [0, 0.1) is 12.3 Å². The number of thiazole rings is 1. The Morgan fingerprint density at radius 2 is 2.04 bits per heavy atom. The number of nitrogens with two attached hydrogens (primary N) is 1. The third-order valence-electron chi connectivity index (χ3n) is 3.64. The summed E-state index contributed by atoms with van der Waals surface area (Å²) in [4.78, 5) is 32.8. The minimum absolute atomic E-state index is 0.170. The SMILES string of the molecule is CCNC(=NCC(C)(C)C(N)=O)NC(C)c1nc(C)c(C(=O)OCC)s1. The summed E-state index contributed by atoms with van der Waals surface area (Å²) in [6.45, 7) is 12.2. The van der Waals surface area contributed by atoms with Crippen LogP contribution in [0.4, 0.5) is 0 Å². The van der Waals surface area contributed by atoms with Crippen LogP contribution in [0.5, 0.6) is 0 Å². The lowest BCUT2D eigenvalue weighted by Crippen LogP contribution is -2.41. The van der Waals surface area contributed by atoms with E-state index in [-0.39, 0.29) is 18.6 Å². The monoisotopic (exact) mass is 383 g/mol. The van der Waals surface area contributed by atoms with Crippen LogP contribution in [0.2, 0.25) is 0 Å². The fourth-order valence-electron chi connectivity index (χ4n) is 1.93. The second-order valence-electron chi connectivity index (χ2n) is 6.50. The molecule has 1 aromatic rings. The number of carbonyl (C=O) groups excluding carboxylic acids is 2. The van der Waals surface area contributed by atoms with E-state index < -0.39 is 11.3 Å². The summed E-state index contributed by atoms with van der Waals surface area (Å²) in [5.41, 5.74) is 5.31. The van der Waals surface area contributed by atoms with Gasteiger partial charge in [-0.3, -0.25) is 9.79 Å². The first-order valence-corrected chi connectivity index (χ1v) is 9.43. The Morgan fingerprint density at radius 1 is 1.38 bits per heavy atom. The molecule has 0 aromatic carbocycles. The number of rotatable bonds is 8. The third-order valence-corrected chi connectivity index (χ3v) is 4.96. The summed E-state index contributed by atoms with van der Waals surface area (Å²) in [7, 11) is 0. The zero-order valence-electron chi connectivity index (χ0n) is 16.3. The second-order valence-corrected chi connectivity index (χ2v) is 7.53. The van der Waals surface area contributed by atoms with Crippen LogP contribution in [0.1, 0.15) is 61.0 Å². The molecule has 9 heteroatoms. The van der Waals surface area contributed by atoms with Crippen LogP contribution in [0.3, 0.4) is 0 Å². The van der Waals surface area contributed by atoms with Gasteiger partial charge in [-0.25, -0.2) is 9.78 Å². The van der Waals surface area contributed by atoms with E-state index in [2.05, 4.69) is 20.6 Å². The number of guanidine groups is 1. The summed E-state index contributed by atoms with van der Waals surface area (Å²) in [5.74, 6) is -0.204. The van der Waals surface area contributed by atoms with Gasteiger partial charge in [0.2, 0.25) is 5.91 Å². The van der Waals surface area contributed by atoms with Gasteiger partial charge in [0.25, 0.3) is 0 Å². The zero-order valence-corrected chi connectivity index (χ0v) is 17.1. The third kappa shape index (κ3) is 5.98. The maximum Gasteiger partial charge on any atom is 0.350 e. The predicted molar refractivity (Wildman–Crippen MR) is 103 cm³/mol. The van der Waals surface area contributed by atoms with Crippen LogP contribution in [0.15, 0.2) is 4.99 Å². The molecule has 4 N–H and O–H groups in total. The van der Waals surface area contributed by atoms with Gasteiger partial charge in [0.1, 0.15) is 9.88 Å². The van der Waals surface area contributed by atoms with E-state index in [9.17, 15) is 9.59 Å². The molecule has 0 fully saturated rings. The van der Waals surface area contributed by atoms with Gasteiger partial charge in [0, 0.05) is 6.54 Å². The maximum absolute atomic E-state index is 12.0. The molecule has 0 saturated carbocycles. The number of nitrogens with zero attached hydrogens (tertiary/aromatic N) is 2. The van der Waals surface area contributed by atoms with Crippen molar-refractivity contribution < 1.29 is 14.3 Å². The van der Waals surface area contributed by atoms with E-state index in [1.165, 1.54) is 11.3 Å². The van der Waals surface area contributed by atoms with Gasteiger partial charge < -0.3 is 21.1 Å². The van der Waals surface area contributed by atoms with Gasteiger partial charge in [-0.1, -0.05) is 0 Å². The lowest BCUT2D eigenvalue weighted by atomic mass is 9.93. The molecule has 146 valence electrons. The lowest BCUT2D eigenvalue weighted by Gasteiger charge is -2.20. The van der Waals surface area contributed by atoms with Crippen molar-refractivity contribution in [1.29, 1.82) is 0 Å². The Morgan fingerprint density at radius 3 is 2.58 bits per heavy atom. The highest BCUT2D eigenvalue weighted by Gasteiger charge is 2.25. The average Bonchev–Trinajstić information content (AvgIpc) is 2.95. The van der Waals surface area contributed by atoms with Crippen molar-refractivity contribution in [2.75, 3.05) is 19.7 Å². The van der Waals surface area contributed by atoms with Gasteiger partial charge in [0.15, 0.2) is 5.96 Å². The fraction of sp³-hybridized carbons (Fsp3) is 0.647. The number of nitrogens with one attached hydrogen (secondary N) is 2. The van der Waals surface area contributed by atoms with E-state index in [1.807, 2.05) is 13.8 Å². The number of esters is 1. The highest BCUT2D eigenvalue weighted by Crippen LogP contribution is 2.24. The molecule has 1 atom stereocenters. The number of aliphatic imine (C=N–C) groups is 1. The van der Waals surface area contributed by atoms with Gasteiger partial charge >= 0.3 is 5.97 Å². The van der Waals surface area contributed by atoms with Gasteiger partial charge in [-0.2, -0.15) is 0 Å². The van der Waals surface area contributed by atoms with Crippen molar-refractivity contribution in [1.82, 2.24) is 15.6 Å². The molecule has 26 heavy (non-hydrogen) atoms. The quantitative estimate of drug-likeness (QED) is 0.357. The van der Waals surface area contributed by atoms with E-state index in [4.69, 9.17) is 10.5 Å². The molecule has 0 bridgehead atoms. The molecule has 1 heterocycles. The van der Waals surface area contributed by atoms with Gasteiger partial charge in [-0.15, -0.1) is 11.3 Å². The van der Waals surface area contributed by atoms with Crippen LogP contribution in [-0.4, -0.2) is 42.5 Å². The smallest absolute Gasteiger partial charge is 0.350 e. The van der Waals surface area contributed by atoms with E-state index in [1.54, 1.807) is 27.7 Å². The van der Waals surface area contributed by atoms with Crippen molar-refractivity contribution in [3.63, 3.8) is 0 Å². The van der Waals surface area contributed by atoms with E-state index in [0.717, 1.165) is 5.01 Å². The summed E-state index contributed by atoms with van der Waals surface area (Å²) in [6, 6.07) is -0.170. The number of hydrogen-bond acceptors (Lipinski definition) is 6. The molecule has 0 aliphatic heterocycles. The Balaban J connectivity index is 2.91. The number of carbonyl (C=O) groups is 2. The van der Waals surface area contributed by atoms with Crippen molar-refractivity contribution in [3.05, 3.63) is 15.6 Å². The standard InChI is InChI=1S/C17H29N5O3S/c1-7-19-16(20-9-17(5,6)15(18)24)22-11(4)13-21-10(3)12(26-13)14(23)25-8-2/h11H,7-9H2,1-6H3,(H2,18,24)(H2,19,20,22). The Bertz CT molecular complexity index is 669. The molecule has 1 aromatic heterocycles. The predicted octanol–water partition coefficient (Wildman–Crippen LogP) is 1.76. The number of aryl methyl sites for hydroxylation is 1. The molecule has 0 spiro atoms. The summed E-state index contributed by atoms with van der Waals surface area (Å²) in [6.07, 6.45) is 0. The zero-order chi connectivity index (χ0) is 19.9. The molecule has 0 radical (unpaired) electrons. The first-order valence-electron chi connectivity index (χ1n) is 8.61. The number of ether oxygens (including phenoxy) is 1. The first-order chi connectivity index (χ1) is 12.1. The summed E-state index contributed by atoms with van der Waals surface area (Å²) < 4.78 is 5.05. The normalized spacial score (nSPS) is 13.2. The Labute approximate surface area is 158 Å². The Hall–Kier alpha value is -2.16. The number of aromatic nitrogens is 1. The van der Waals surface area contributed by atoms with Gasteiger partial charge in [0.05, 0.1) is 30.3 Å². The molecule has 1 amide bonds. The minimum Gasteiger partial charge on any atom is -0.462 e. The van der Waals surface area contributed by atoms with Gasteiger partial charge in [-0.05, 0) is 41.5 Å². The lowest BCUT2D eigenvalue weighted by molar-refractivity contribution is -0.125. The number of hydrogen-bond donors (Lipinski definition) is 3. The van der Waals surface area contributed by atoms with Crippen LogP contribution < -0.4 is 16.4 Å². The van der Waals surface area contributed by atoms with E-state index in [0.29, 0.717) is 29.7 Å². The highest BCUT2D eigenvalue weighted by molar-refractivity contribution is 7.13. The molecule has 0 aliphatic carbocycles. The highest BCUT2D eigenvalue weighted by atomic mass is 32.1. The van der Waals surface area contributed by atoms with Crippen LogP contribution in [0.25, 0.3) is 0 Å². The maximum atomic E-state index is 12.0. The van der Waals surface area contributed by atoms with Crippen molar-refractivity contribution in [2.24, 2.45) is 16.1 Å². The largest absolute Gasteiger partial charge is 0.462 e. The molecule has 0 aliphatic rings. The van der Waals surface area contributed by atoms with E-state index >= 15 is 0 Å². The average molecular weight is 384 g/mol. The van der Waals surface area contributed by atoms with Crippen LogP contribution >= 0.6 is 11.3 Å². The van der Waals surface area contributed by atoms with Crippen molar-refractivity contribution in [3.8, 4) is 0 Å². The minimum atomic E-state index is -0.736. The van der Waals surface area contributed by atoms with Crippen molar-refractivity contribution >= 4 is 29.2 Å².